The van der Waals surface area contributed by atoms with Gasteiger partial charge in [-0.15, -0.1) is 11.3 Å². The van der Waals surface area contributed by atoms with Crippen LogP contribution in [0.2, 0.25) is 0 Å². The molecule has 3 N–H and O–H groups in total. The summed E-state index contributed by atoms with van der Waals surface area (Å²) >= 11 is 0.925. The van der Waals surface area contributed by atoms with Gasteiger partial charge < -0.3 is 20.5 Å². The average molecular weight is 503 g/mol. The zero-order chi connectivity index (χ0) is 26.0. The van der Waals surface area contributed by atoms with Crippen molar-refractivity contribution < 1.29 is 19.1 Å². The molecule has 36 heavy (non-hydrogen) atoms. The second kappa shape index (κ2) is 9.93. The molecule has 182 valence electrons. The van der Waals surface area contributed by atoms with E-state index in [1.165, 1.54) is 14.2 Å². The van der Waals surface area contributed by atoms with E-state index < -0.39 is 23.4 Å². The molecular weight excluding hydrogens is 480 g/mol. The van der Waals surface area contributed by atoms with Crippen LogP contribution in [-0.2, 0) is 14.3 Å². The van der Waals surface area contributed by atoms with Crippen LogP contribution in [0.15, 0.2) is 58.9 Å². The number of nitriles is 1. The van der Waals surface area contributed by atoms with E-state index in [0.29, 0.717) is 17.0 Å². The average Bonchev–Trinajstić information content (AvgIpc) is 3.20. The summed E-state index contributed by atoms with van der Waals surface area (Å²) < 4.78 is 11.2. The molecule has 1 atom stereocenters. The van der Waals surface area contributed by atoms with Crippen LogP contribution in [0, 0.1) is 18.3 Å². The molecule has 2 heterocycles. The second-order valence-corrected chi connectivity index (χ2v) is 8.96. The molecule has 0 radical (unpaired) electrons. The number of carbonyl (C=O) groups excluding carboxylic acids is 2. The van der Waals surface area contributed by atoms with Crippen LogP contribution in [0.4, 0.5) is 5.69 Å². The van der Waals surface area contributed by atoms with Crippen LogP contribution in [0.25, 0.3) is 17.5 Å². The Balaban J connectivity index is 2.02. The summed E-state index contributed by atoms with van der Waals surface area (Å²) in [6.07, 6.45) is 1.04. The number of hydrogen-bond acceptors (Lipinski definition) is 8. The van der Waals surface area contributed by atoms with Crippen molar-refractivity contribution >= 4 is 46.4 Å². The van der Waals surface area contributed by atoms with Crippen LogP contribution in [-0.4, -0.2) is 30.7 Å². The highest BCUT2D eigenvalue weighted by Gasteiger charge is 2.35. The smallest absolute Gasteiger partial charge is 0.332 e. The van der Waals surface area contributed by atoms with Crippen LogP contribution in [0.3, 0.4) is 0 Å². The number of carbonyl (C=O) groups is 2. The van der Waals surface area contributed by atoms with Crippen LogP contribution >= 0.6 is 11.3 Å². The first kappa shape index (κ1) is 24.5. The molecule has 0 saturated heterocycles. The third-order valence-corrected chi connectivity index (χ3v) is 6.83. The molecule has 1 aliphatic rings. The molecule has 9 nitrogen and oxygen atoms in total. The molecule has 2 aromatic carbocycles. The Bertz CT molecular complexity index is 1610. The van der Waals surface area contributed by atoms with E-state index in [9.17, 15) is 19.6 Å². The van der Waals surface area contributed by atoms with Gasteiger partial charge in [-0.1, -0.05) is 29.8 Å². The molecule has 3 aromatic rings. The van der Waals surface area contributed by atoms with E-state index >= 15 is 0 Å². The molecule has 0 bridgehead atoms. The summed E-state index contributed by atoms with van der Waals surface area (Å²) in [6, 6.07) is 16.2. The molecule has 4 rings (SSSR count). The van der Waals surface area contributed by atoms with Crippen molar-refractivity contribution in [3.63, 3.8) is 0 Å². The number of aryl methyl sites for hydroxylation is 1. The van der Waals surface area contributed by atoms with Crippen molar-refractivity contribution in [3.8, 4) is 11.8 Å². The Morgan fingerprint density at radius 3 is 2.39 bits per heavy atom. The van der Waals surface area contributed by atoms with Gasteiger partial charge in [-0.05, 0) is 36.8 Å². The molecule has 0 fully saturated rings. The normalized spacial score (nSPS) is 15.2. The third kappa shape index (κ3) is 4.39. The third-order valence-electron chi connectivity index (χ3n) is 5.72. The lowest BCUT2D eigenvalue weighted by molar-refractivity contribution is -0.133. The number of hydrogen-bond donors (Lipinski definition) is 2. The fourth-order valence-corrected chi connectivity index (χ4v) is 5.03. The maximum Gasteiger partial charge on any atom is 0.332 e. The number of methoxy groups -OCH3 is 2. The Morgan fingerprint density at radius 2 is 1.81 bits per heavy atom. The van der Waals surface area contributed by atoms with Crippen molar-refractivity contribution in [1.82, 2.24) is 4.57 Å². The quantitative estimate of drug-likeness (QED) is 0.504. The second-order valence-electron chi connectivity index (χ2n) is 7.93. The molecular formula is C26H22N4O5S. The van der Waals surface area contributed by atoms with Gasteiger partial charge in [0.25, 0.3) is 11.5 Å². The maximum atomic E-state index is 13.7. The number of aromatic nitrogens is 1. The molecule has 1 amide bonds. The molecule has 0 aliphatic carbocycles. The van der Waals surface area contributed by atoms with Crippen LogP contribution < -0.4 is 30.5 Å². The number of thiazole rings is 1. The van der Waals surface area contributed by atoms with Crippen LogP contribution in [0.5, 0.6) is 5.75 Å². The number of fused-ring (bicyclic) bond motifs is 1. The van der Waals surface area contributed by atoms with Gasteiger partial charge >= 0.3 is 5.97 Å². The fourth-order valence-electron chi connectivity index (χ4n) is 3.90. The molecule has 0 spiro atoms. The number of esters is 1. The number of benzene rings is 2. The van der Waals surface area contributed by atoms with Gasteiger partial charge in [0.15, 0.2) is 0 Å². The van der Waals surface area contributed by atoms with Gasteiger partial charge in [-0.25, -0.2) is 4.79 Å². The first-order chi connectivity index (χ1) is 17.3. The van der Waals surface area contributed by atoms with E-state index in [-0.39, 0.29) is 26.2 Å². The van der Waals surface area contributed by atoms with E-state index in [4.69, 9.17) is 10.5 Å². The number of allylic oxidation sites excluding steroid dienone is 1. The summed E-state index contributed by atoms with van der Waals surface area (Å²) in [4.78, 5) is 38.8. The number of ether oxygens (including phenoxy) is 2. The topological polar surface area (TPSA) is 136 Å². The highest BCUT2D eigenvalue weighted by molar-refractivity contribution is 7.07. The van der Waals surface area contributed by atoms with Gasteiger partial charge in [0.1, 0.15) is 20.8 Å². The SMILES string of the molecule is COC(=O)/C=c1\sc2n(c1=O)C(N)=C(C#N)[C@@H](c1ccc(OC)cc1)C=2C(=O)Nc1ccc(C)cc1. The zero-order valence-corrected chi connectivity index (χ0v) is 20.5. The predicted molar refractivity (Wildman–Crippen MR) is 136 cm³/mol. The summed E-state index contributed by atoms with van der Waals surface area (Å²) in [6.45, 7) is 1.93. The van der Waals surface area contributed by atoms with Crippen molar-refractivity contribution in [3.05, 3.63) is 84.8 Å². The number of anilines is 1. The number of nitrogens with two attached hydrogens (primary N) is 1. The molecule has 1 aliphatic heterocycles. The van der Waals surface area contributed by atoms with E-state index in [1.54, 1.807) is 36.4 Å². The minimum atomic E-state index is -0.865. The van der Waals surface area contributed by atoms with Crippen LogP contribution in [0.1, 0.15) is 17.0 Å². The van der Waals surface area contributed by atoms with Crippen molar-refractivity contribution in [1.29, 1.82) is 5.26 Å². The lowest BCUT2D eigenvalue weighted by Crippen LogP contribution is -2.40. The summed E-state index contributed by atoms with van der Waals surface area (Å²) in [5, 5.41) is 12.9. The van der Waals surface area contributed by atoms with Gasteiger partial charge in [0.05, 0.1) is 37.4 Å². The van der Waals surface area contributed by atoms with E-state index in [2.05, 4.69) is 16.1 Å². The lowest BCUT2D eigenvalue weighted by atomic mass is 9.83. The summed E-state index contributed by atoms with van der Waals surface area (Å²) in [7, 11) is 2.72. The highest BCUT2D eigenvalue weighted by atomic mass is 32.1. The van der Waals surface area contributed by atoms with E-state index in [0.717, 1.165) is 27.5 Å². The zero-order valence-electron chi connectivity index (χ0n) is 19.7. The molecule has 1 aromatic heterocycles. The Morgan fingerprint density at radius 1 is 1.14 bits per heavy atom. The van der Waals surface area contributed by atoms with Crippen molar-refractivity contribution in [2.75, 3.05) is 19.5 Å². The van der Waals surface area contributed by atoms with Gasteiger partial charge in [-0.2, -0.15) is 5.26 Å². The highest BCUT2D eigenvalue weighted by Crippen LogP contribution is 2.37. The standard InChI is InChI=1S/C26H22N4O5S/c1-14-4-8-16(9-5-14)29-24(32)22-21(15-6-10-17(34-2)11-7-15)18(13-27)23(28)30-25(33)19(36-26(22)30)12-20(31)35-3/h4-12,21H,28H2,1-3H3,(H,29,32)/b19-12-/t21-/m1/s1. The molecule has 0 saturated carbocycles. The first-order valence-electron chi connectivity index (χ1n) is 10.8. The lowest BCUT2D eigenvalue weighted by Gasteiger charge is -2.25. The maximum absolute atomic E-state index is 13.7. The number of amides is 1. The van der Waals surface area contributed by atoms with Crippen molar-refractivity contribution in [2.45, 2.75) is 12.8 Å². The van der Waals surface area contributed by atoms with Crippen molar-refractivity contribution in [2.24, 2.45) is 5.73 Å². The number of nitrogens with zero attached hydrogens (tertiary/aromatic N) is 2. The monoisotopic (exact) mass is 502 g/mol. The number of nitrogens with one attached hydrogen (secondary N) is 1. The first-order valence-corrected chi connectivity index (χ1v) is 11.6. The van der Waals surface area contributed by atoms with Gasteiger partial charge in [-0.3, -0.25) is 14.2 Å². The Hall–Kier alpha value is -4.62. The molecule has 0 unspecified atom stereocenters. The number of rotatable bonds is 5. The minimum Gasteiger partial charge on any atom is -0.497 e. The van der Waals surface area contributed by atoms with Gasteiger partial charge in [0.2, 0.25) is 0 Å². The van der Waals surface area contributed by atoms with Gasteiger partial charge in [0, 0.05) is 11.8 Å². The summed E-state index contributed by atoms with van der Waals surface area (Å²) in [5.41, 5.74) is 8.05. The largest absolute Gasteiger partial charge is 0.497 e. The van der Waals surface area contributed by atoms with E-state index in [1.807, 2.05) is 19.1 Å². The fraction of sp³-hybridized carbons (Fsp3) is 0.154. The minimum absolute atomic E-state index is 0.0214. The molecule has 10 heteroatoms. The summed E-state index contributed by atoms with van der Waals surface area (Å²) in [5.74, 6) is -1.62. The Labute approximate surface area is 210 Å². The Kier molecular flexibility index (Phi) is 6.76. The predicted octanol–water partition coefficient (Wildman–Crippen LogP) is 1.42.